The van der Waals surface area contributed by atoms with Crippen LogP contribution < -0.4 is 17.0 Å². The molecule has 4 N–H and O–H groups in total. The van der Waals surface area contributed by atoms with Gasteiger partial charge in [0.15, 0.2) is 0 Å². The van der Waals surface area contributed by atoms with E-state index in [4.69, 9.17) is 34.7 Å². The highest BCUT2D eigenvalue weighted by Crippen LogP contribution is 2.29. The van der Waals surface area contributed by atoms with Crippen LogP contribution in [0.2, 0.25) is 10.2 Å². The summed E-state index contributed by atoms with van der Waals surface area (Å²) in [6.45, 7) is 1.85. The number of fused-ring (bicyclic) bond motifs is 1. The minimum Gasteiger partial charge on any atom is -0.368 e. The molecule has 0 saturated heterocycles. The molecule has 1 atom stereocenters. The van der Waals surface area contributed by atoms with Crippen molar-refractivity contribution in [3.05, 3.63) is 99.3 Å². The Hall–Kier alpha value is -3.78. The van der Waals surface area contributed by atoms with Crippen LogP contribution in [0.5, 0.6) is 0 Å². The zero-order valence-electron chi connectivity index (χ0n) is 18.6. The lowest BCUT2D eigenvalue weighted by Crippen LogP contribution is -2.25. The van der Waals surface area contributed by atoms with Crippen LogP contribution in [0.25, 0.3) is 38.8 Å². The molecule has 0 saturated carbocycles. The van der Waals surface area contributed by atoms with Crippen LogP contribution >= 0.6 is 23.2 Å². The molecule has 5 rings (SSSR count). The van der Waals surface area contributed by atoms with Crippen molar-refractivity contribution in [2.24, 2.45) is 5.73 Å². The molecule has 0 radical (unpaired) electrons. The number of hydrogen-bond donors (Lipinski definition) is 2. The Morgan fingerprint density at radius 2 is 1.74 bits per heavy atom. The standard InChI is InChI=1S/C26H20Cl2N6O/c1-14(29)22-11-16-5-3-7-20(27)23(16)25(35)34(22)18-6-2-4-15(10-18)21-9-8-17(12-31-21)19-13-32-26(30)33-24(19)28/h2-14H,29H2,1H3,(H2,30,32,33)/t14-/m0/s1. The Kier molecular flexibility index (Phi) is 5.98. The van der Waals surface area contributed by atoms with Gasteiger partial charge in [-0.15, -0.1) is 0 Å². The minimum atomic E-state index is -0.376. The molecule has 174 valence electrons. The average molecular weight is 503 g/mol. The SMILES string of the molecule is C[C@H](N)c1cc2cccc(Cl)c2c(=O)n1-c1cccc(-c2ccc(-c3cnc(N)nc3Cl)cn2)c1. The molecule has 35 heavy (non-hydrogen) atoms. The van der Waals surface area contributed by atoms with E-state index >= 15 is 0 Å². The topological polar surface area (TPSA) is 113 Å². The number of pyridine rings is 2. The monoisotopic (exact) mass is 502 g/mol. The van der Waals surface area contributed by atoms with Gasteiger partial charge < -0.3 is 11.5 Å². The van der Waals surface area contributed by atoms with Gasteiger partial charge in [0.25, 0.3) is 5.56 Å². The van der Waals surface area contributed by atoms with Crippen molar-refractivity contribution in [1.82, 2.24) is 19.5 Å². The molecule has 0 aliphatic carbocycles. The molecular weight excluding hydrogens is 483 g/mol. The zero-order valence-corrected chi connectivity index (χ0v) is 20.1. The van der Waals surface area contributed by atoms with Crippen molar-refractivity contribution in [2.75, 3.05) is 5.73 Å². The van der Waals surface area contributed by atoms with Crippen molar-refractivity contribution in [3.63, 3.8) is 0 Å². The highest BCUT2D eigenvalue weighted by molar-refractivity contribution is 6.35. The number of rotatable bonds is 4. The lowest BCUT2D eigenvalue weighted by molar-refractivity contribution is 0.734. The summed E-state index contributed by atoms with van der Waals surface area (Å²) in [7, 11) is 0. The fourth-order valence-corrected chi connectivity index (χ4v) is 4.54. The first-order valence-corrected chi connectivity index (χ1v) is 11.5. The number of halogens is 2. The second kappa shape index (κ2) is 9.11. The number of nitrogens with zero attached hydrogens (tertiary/aromatic N) is 4. The molecular formula is C26H20Cl2N6O. The van der Waals surface area contributed by atoms with Crippen LogP contribution in [0, 0.1) is 0 Å². The van der Waals surface area contributed by atoms with E-state index in [9.17, 15) is 4.79 Å². The normalized spacial score (nSPS) is 12.1. The summed E-state index contributed by atoms with van der Waals surface area (Å²) in [4.78, 5) is 26.1. The summed E-state index contributed by atoms with van der Waals surface area (Å²) in [5, 5.41) is 1.86. The molecule has 0 fully saturated rings. The van der Waals surface area contributed by atoms with Gasteiger partial charge >= 0.3 is 0 Å². The molecule has 3 heterocycles. The molecule has 9 heteroatoms. The van der Waals surface area contributed by atoms with Crippen LogP contribution in [-0.2, 0) is 0 Å². The largest absolute Gasteiger partial charge is 0.368 e. The first-order chi connectivity index (χ1) is 16.8. The average Bonchev–Trinajstić information content (AvgIpc) is 2.84. The van der Waals surface area contributed by atoms with Crippen LogP contribution in [0.1, 0.15) is 18.7 Å². The van der Waals surface area contributed by atoms with Crippen LogP contribution in [0.3, 0.4) is 0 Å². The van der Waals surface area contributed by atoms with Gasteiger partial charge in [-0.2, -0.15) is 0 Å². The predicted molar refractivity (Wildman–Crippen MR) is 141 cm³/mol. The minimum absolute atomic E-state index is 0.108. The van der Waals surface area contributed by atoms with Gasteiger partial charge in [0, 0.05) is 46.5 Å². The Labute approximate surface area is 211 Å². The summed E-state index contributed by atoms with van der Waals surface area (Å²) in [6.07, 6.45) is 3.26. The summed E-state index contributed by atoms with van der Waals surface area (Å²) in [5.41, 5.74) is 15.9. The maximum atomic E-state index is 13.6. The van der Waals surface area contributed by atoms with Crippen molar-refractivity contribution in [3.8, 4) is 28.1 Å². The third-order valence-electron chi connectivity index (χ3n) is 5.73. The van der Waals surface area contributed by atoms with E-state index in [1.807, 2.05) is 61.5 Å². The van der Waals surface area contributed by atoms with E-state index in [2.05, 4.69) is 15.0 Å². The fourth-order valence-electron chi connectivity index (χ4n) is 4.04. The Bertz CT molecular complexity index is 1630. The van der Waals surface area contributed by atoms with Gasteiger partial charge in [0.05, 0.1) is 16.1 Å². The maximum absolute atomic E-state index is 13.6. The van der Waals surface area contributed by atoms with Crippen molar-refractivity contribution < 1.29 is 0 Å². The number of nitrogen functional groups attached to an aromatic ring is 1. The molecule has 0 unspecified atom stereocenters. The van der Waals surface area contributed by atoms with E-state index in [-0.39, 0.29) is 22.7 Å². The van der Waals surface area contributed by atoms with E-state index in [0.717, 1.165) is 22.2 Å². The van der Waals surface area contributed by atoms with Crippen LogP contribution in [0.15, 0.2) is 77.9 Å². The first kappa shape index (κ1) is 23.0. The molecule has 7 nitrogen and oxygen atoms in total. The Balaban J connectivity index is 1.61. The summed E-state index contributed by atoms with van der Waals surface area (Å²) >= 11 is 12.6. The molecule has 0 bridgehead atoms. The van der Waals surface area contributed by atoms with Crippen molar-refractivity contribution in [1.29, 1.82) is 0 Å². The van der Waals surface area contributed by atoms with Crippen molar-refractivity contribution in [2.45, 2.75) is 13.0 Å². The zero-order chi connectivity index (χ0) is 24.7. The highest BCUT2D eigenvalue weighted by atomic mass is 35.5. The van der Waals surface area contributed by atoms with Gasteiger partial charge in [0.2, 0.25) is 5.95 Å². The number of anilines is 1. The molecule has 0 spiro atoms. The predicted octanol–water partition coefficient (Wildman–Crippen LogP) is 5.42. The number of aromatic nitrogens is 4. The van der Waals surface area contributed by atoms with Crippen LogP contribution in [-0.4, -0.2) is 19.5 Å². The van der Waals surface area contributed by atoms with Crippen LogP contribution in [0.4, 0.5) is 5.95 Å². The number of hydrogen-bond acceptors (Lipinski definition) is 6. The maximum Gasteiger partial charge on any atom is 0.264 e. The fraction of sp³-hybridized carbons (Fsp3) is 0.0769. The molecule has 0 amide bonds. The van der Waals surface area contributed by atoms with Gasteiger partial charge in [-0.05, 0) is 42.6 Å². The third-order valence-corrected chi connectivity index (χ3v) is 6.33. The lowest BCUT2D eigenvalue weighted by Gasteiger charge is -2.18. The summed E-state index contributed by atoms with van der Waals surface area (Å²) in [5.74, 6) is 0.108. The van der Waals surface area contributed by atoms with E-state index in [1.165, 1.54) is 0 Å². The smallest absolute Gasteiger partial charge is 0.264 e. The summed E-state index contributed by atoms with van der Waals surface area (Å²) < 4.78 is 1.61. The molecule has 5 aromatic rings. The first-order valence-electron chi connectivity index (χ1n) is 10.8. The molecule has 0 aliphatic rings. The van der Waals surface area contributed by atoms with Gasteiger partial charge in [-0.3, -0.25) is 14.3 Å². The third kappa shape index (κ3) is 4.25. The Morgan fingerprint density at radius 3 is 2.46 bits per heavy atom. The quantitative estimate of drug-likeness (QED) is 0.317. The molecule has 3 aromatic heterocycles. The van der Waals surface area contributed by atoms with E-state index in [1.54, 1.807) is 23.0 Å². The Morgan fingerprint density at radius 1 is 0.943 bits per heavy atom. The molecule has 0 aliphatic heterocycles. The molecule has 2 aromatic carbocycles. The number of benzene rings is 2. The summed E-state index contributed by atoms with van der Waals surface area (Å²) in [6, 6.07) is 18.2. The van der Waals surface area contributed by atoms with E-state index < -0.39 is 0 Å². The van der Waals surface area contributed by atoms with Crippen molar-refractivity contribution >= 4 is 39.9 Å². The second-order valence-corrected chi connectivity index (χ2v) is 8.88. The van der Waals surface area contributed by atoms with Gasteiger partial charge in [-0.1, -0.05) is 53.5 Å². The van der Waals surface area contributed by atoms with Gasteiger partial charge in [-0.25, -0.2) is 9.97 Å². The lowest BCUT2D eigenvalue weighted by atomic mass is 10.1. The van der Waals surface area contributed by atoms with Gasteiger partial charge in [0.1, 0.15) is 5.15 Å². The van der Waals surface area contributed by atoms with E-state index in [0.29, 0.717) is 27.4 Å². The number of nitrogens with two attached hydrogens (primary N) is 2. The highest BCUT2D eigenvalue weighted by Gasteiger charge is 2.16. The second-order valence-electron chi connectivity index (χ2n) is 8.12.